The van der Waals surface area contributed by atoms with Crippen molar-refractivity contribution in [3.63, 3.8) is 0 Å². The Morgan fingerprint density at radius 2 is 1.19 bits per heavy atom. The van der Waals surface area contributed by atoms with Crippen LogP contribution in [0.25, 0.3) is 11.1 Å². The van der Waals surface area contributed by atoms with Gasteiger partial charge in [0.05, 0.1) is 25.3 Å². The van der Waals surface area contributed by atoms with Gasteiger partial charge in [-0.2, -0.15) is 0 Å². The van der Waals surface area contributed by atoms with Crippen molar-refractivity contribution in [2.75, 3.05) is 0 Å². The first kappa shape index (κ1) is 27.7. The Morgan fingerprint density at radius 1 is 0.784 bits per heavy atom. The predicted molar refractivity (Wildman–Crippen MR) is 116 cm³/mol. The smallest absolute Gasteiger partial charge is 0.430 e. The number of nitro groups is 4. The van der Waals surface area contributed by atoms with Crippen molar-refractivity contribution in [2.45, 2.75) is 18.4 Å². The molecule has 0 aliphatic heterocycles. The lowest BCUT2D eigenvalue weighted by molar-refractivity contribution is -0.451. The van der Waals surface area contributed by atoms with Crippen LogP contribution in [0.2, 0.25) is 0 Å². The van der Waals surface area contributed by atoms with Gasteiger partial charge in [0.25, 0.3) is 0 Å². The van der Waals surface area contributed by atoms with Gasteiger partial charge in [-0.1, -0.05) is 24.3 Å². The van der Waals surface area contributed by atoms with E-state index in [2.05, 4.69) is 0 Å². The molecule has 0 amide bonds. The number of hydrogen-bond acceptors (Lipinski definition) is 12. The maximum atomic E-state index is 11.9. The highest BCUT2D eigenvalue weighted by molar-refractivity contribution is 6.08. The van der Waals surface area contributed by atoms with Gasteiger partial charge in [0.2, 0.25) is 0 Å². The molecule has 19 heteroatoms. The number of nitrogens with two attached hydrogens (primary N) is 1. The van der Waals surface area contributed by atoms with Gasteiger partial charge >= 0.3 is 40.7 Å². The minimum absolute atomic E-state index is 0.311. The van der Waals surface area contributed by atoms with Crippen molar-refractivity contribution in [2.24, 2.45) is 5.73 Å². The van der Waals surface area contributed by atoms with Crippen molar-refractivity contribution in [1.82, 2.24) is 0 Å². The maximum absolute atomic E-state index is 11.9. The van der Waals surface area contributed by atoms with E-state index < -0.39 is 88.5 Å². The maximum Gasteiger partial charge on any atom is 0.430 e. The molecule has 19 nitrogen and oxygen atoms in total. The molecule has 37 heavy (non-hydrogen) atoms. The summed E-state index contributed by atoms with van der Waals surface area (Å²) in [5, 5.41) is 74.8. The number of benzene rings is 2. The number of aliphatic carboxylic acids is 2. The monoisotopic (exact) mass is 523 g/mol. The summed E-state index contributed by atoms with van der Waals surface area (Å²) in [5.41, 5.74) is -8.27. The number of nitrogens with zero attached hydrogens (tertiary/aromatic N) is 4. The fraction of sp³-hybridized carbons (Fsp3) is 0.167. The number of nitro benzene ring substituents is 4. The first-order valence-electron chi connectivity index (χ1n) is 9.36. The van der Waals surface area contributed by atoms with Crippen LogP contribution in [-0.4, -0.2) is 58.5 Å². The number of carbonyl (C=O) groups is 3. The summed E-state index contributed by atoms with van der Waals surface area (Å²) in [6.45, 7) is 0.873. The van der Waals surface area contributed by atoms with Crippen molar-refractivity contribution in [3.05, 3.63) is 75.8 Å². The third-order valence-corrected chi connectivity index (χ3v) is 5.18. The van der Waals surface area contributed by atoms with Gasteiger partial charge in [-0.3, -0.25) is 50.0 Å². The van der Waals surface area contributed by atoms with Crippen LogP contribution < -0.4 is 5.73 Å². The Morgan fingerprint density at radius 3 is 1.51 bits per heavy atom. The Labute approximate surface area is 201 Å². The van der Waals surface area contributed by atoms with Gasteiger partial charge in [-0.15, -0.1) is 0 Å². The van der Waals surface area contributed by atoms with E-state index in [4.69, 9.17) is 5.73 Å². The van der Waals surface area contributed by atoms with Gasteiger partial charge in [0, 0.05) is 0 Å². The first-order chi connectivity index (χ1) is 17.0. The van der Waals surface area contributed by atoms with Crippen LogP contribution in [0.4, 0.5) is 22.7 Å². The summed E-state index contributed by atoms with van der Waals surface area (Å²) in [6, 6.07) is 3.21. The summed E-state index contributed by atoms with van der Waals surface area (Å²) in [7, 11) is 0. The van der Waals surface area contributed by atoms with E-state index in [0.717, 1.165) is 31.2 Å². The molecule has 0 fully saturated rings. The molecule has 2 rings (SSSR count). The molecule has 0 bridgehead atoms. The van der Waals surface area contributed by atoms with Crippen LogP contribution in [-0.2, 0) is 9.59 Å². The van der Waals surface area contributed by atoms with Crippen LogP contribution in [0, 0.1) is 40.5 Å². The molecule has 0 spiro atoms. The molecule has 2 aromatic carbocycles. The third kappa shape index (κ3) is 4.68. The van der Waals surface area contributed by atoms with Crippen LogP contribution in [0.3, 0.4) is 0 Å². The lowest BCUT2D eigenvalue weighted by Gasteiger charge is -2.27. The van der Waals surface area contributed by atoms with E-state index in [9.17, 15) is 70.2 Å². The summed E-state index contributed by atoms with van der Waals surface area (Å²) in [5.74, 6) is -7.64. The minimum atomic E-state index is -2.39. The largest absolute Gasteiger partial charge is 0.481 e. The van der Waals surface area contributed by atoms with E-state index >= 15 is 0 Å². The topological polar surface area (TPSA) is 310 Å². The zero-order valence-electron chi connectivity index (χ0n) is 18.1. The lowest BCUT2D eigenvalue weighted by atomic mass is 9.80. The SMILES string of the molecule is C[C@](N)(C(=O)O)C(C(=O)O)c1ccc(-c2c(C(=O)O)c([N+](=O)[O-])c([N+](=O)[O-])c([N+](=O)[O-])c2[N+](=O)[O-])cc1. The van der Waals surface area contributed by atoms with E-state index in [0.29, 0.717) is 0 Å². The van der Waals surface area contributed by atoms with E-state index in [1.54, 1.807) is 0 Å². The number of carboxylic acids is 3. The lowest BCUT2D eigenvalue weighted by Crippen LogP contribution is -2.52. The van der Waals surface area contributed by atoms with Crippen molar-refractivity contribution in [1.29, 1.82) is 0 Å². The van der Waals surface area contributed by atoms with E-state index in [-0.39, 0.29) is 5.56 Å². The van der Waals surface area contributed by atoms with Crippen molar-refractivity contribution < 1.29 is 49.4 Å². The molecular formula is C18H13N5O14. The zero-order valence-corrected chi connectivity index (χ0v) is 18.1. The number of hydrogen-bond donors (Lipinski definition) is 4. The molecule has 0 aliphatic rings. The van der Waals surface area contributed by atoms with E-state index in [1.807, 2.05) is 0 Å². The Hall–Kier alpha value is -5.59. The highest BCUT2D eigenvalue weighted by atomic mass is 16.7. The molecule has 0 saturated carbocycles. The molecule has 0 saturated heterocycles. The Kier molecular flexibility index (Phi) is 7.16. The standard InChI is InChI=1S/C18H13N5O14/c1-18(19,17(28)29)10(16(26)27)7-4-2-6(3-5-7)8-9(15(24)25)12(21(32)33)14(23(36)37)13(22(34)35)11(8)20(30)31/h2-5,10H,19H2,1H3,(H,24,25)(H,26,27)(H,28,29)/t10?,18-/m1/s1. The summed E-state index contributed by atoms with van der Waals surface area (Å²) in [6.07, 6.45) is 0. The molecule has 2 aromatic rings. The van der Waals surface area contributed by atoms with Gasteiger partial charge in [0.15, 0.2) is 5.56 Å². The molecule has 0 heterocycles. The number of rotatable bonds is 10. The summed E-state index contributed by atoms with van der Waals surface area (Å²) >= 11 is 0. The second kappa shape index (κ2) is 9.58. The third-order valence-electron chi connectivity index (χ3n) is 5.18. The van der Waals surface area contributed by atoms with Crippen LogP contribution in [0.5, 0.6) is 0 Å². The Bertz CT molecular complexity index is 1350. The zero-order chi connectivity index (χ0) is 28.6. The molecule has 1 unspecified atom stereocenters. The molecule has 0 radical (unpaired) electrons. The molecule has 0 aliphatic carbocycles. The highest BCUT2D eigenvalue weighted by Crippen LogP contribution is 2.52. The average molecular weight is 523 g/mol. The second-order valence-electron chi connectivity index (χ2n) is 7.46. The van der Waals surface area contributed by atoms with Crippen LogP contribution >= 0.6 is 0 Å². The van der Waals surface area contributed by atoms with E-state index in [1.165, 1.54) is 0 Å². The average Bonchev–Trinajstić information content (AvgIpc) is 2.76. The first-order valence-corrected chi connectivity index (χ1v) is 9.36. The van der Waals surface area contributed by atoms with Gasteiger partial charge in [-0.05, 0) is 18.1 Å². The quantitative estimate of drug-likeness (QED) is 0.254. The highest BCUT2D eigenvalue weighted by Gasteiger charge is 2.52. The van der Waals surface area contributed by atoms with Crippen LogP contribution in [0.15, 0.2) is 24.3 Å². The van der Waals surface area contributed by atoms with Gasteiger partial charge < -0.3 is 21.1 Å². The Balaban J connectivity index is 3.10. The predicted octanol–water partition coefficient (Wildman–Crippen LogP) is 1.65. The number of aromatic carboxylic acids is 1. The molecular weight excluding hydrogens is 510 g/mol. The normalized spacial score (nSPS) is 13.1. The van der Waals surface area contributed by atoms with Gasteiger partial charge in [0.1, 0.15) is 11.5 Å². The van der Waals surface area contributed by atoms with Crippen molar-refractivity contribution >= 4 is 40.7 Å². The second-order valence-corrected chi connectivity index (χ2v) is 7.46. The minimum Gasteiger partial charge on any atom is -0.481 e. The molecule has 2 atom stereocenters. The molecule has 0 aromatic heterocycles. The fourth-order valence-electron chi connectivity index (χ4n) is 3.60. The fourth-order valence-corrected chi connectivity index (χ4v) is 3.60. The van der Waals surface area contributed by atoms with Gasteiger partial charge in [-0.25, -0.2) is 4.79 Å². The summed E-state index contributed by atoms with van der Waals surface area (Å²) < 4.78 is 0. The summed E-state index contributed by atoms with van der Waals surface area (Å²) in [4.78, 5) is 75.0. The molecule has 194 valence electrons. The van der Waals surface area contributed by atoms with Crippen LogP contribution in [0.1, 0.15) is 28.8 Å². The van der Waals surface area contributed by atoms with Crippen molar-refractivity contribution in [3.8, 4) is 11.1 Å². The molecule has 5 N–H and O–H groups in total. The number of carboxylic acid groups (broad SMARTS) is 3.